The van der Waals surface area contributed by atoms with Crippen LogP contribution >= 0.6 is 7.92 Å². The highest BCUT2D eigenvalue weighted by atomic mass is 31.1. The van der Waals surface area contributed by atoms with Crippen LogP contribution in [0.5, 0.6) is 0 Å². The highest BCUT2D eigenvalue weighted by molar-refractivity contribution is 7.80. The summed E-state index contributed by atoms with van der Waals surface area (Å²) in [6.45, 7) is 0. The predicted octanol–water partition coefficient (Wildman–Crippen LogP) is 9.81. The molecule has 0 radical (unpaired) electrons. The molecule has 0 aliphatic carbocycles. The first-order valence-electron chi connectivity index (χ1n) is 15.3. The van der Waals surface area contributed by atoms with Crippen molar-refractivity contribution in [3.63, 3.8) is 0 Å². The van der Waals surface area contributed by atoms with E-state index in [1.807, 2.05) is 42.5 Å². The fourth-order valence-electron chi connectivity index (χ4n) is 5.95. The van der Waals surface area contributed by atoms with Gasteiger partial charge in [-0.2, -0.15) is 0 Å². The zero-order valence-electron chi connectivity index (χ0n) is 25.1. The van der Waals surface area contributed by atoms with Gasteiger partial charge < -0.3 is 5.11 Å². The minimum absolute atomic E-state index is 0.325. The Hall–Kier alpha value is -5.56. The van der Waals surface area contributed by atoms with Crippen molar-refractivity contribution in [2.24, 2.45) is 0 Å². The first kappa shape index (κ1) is 29.2. The van der Waals surface area contributed by atoms with Gasteiger partial charge >= 0.3 is 5.97 Å². The molecule has 7 aromatic carbocycles. The van der Waals surface area contributed by atoms with Crippen LogP contribution in [0.4, 0.5) is 0 Å². The summed E-state index contributed by atoms with van der Waals surface area (Å²) in [5.74, 6) is -0.923. The van der Waals surface area contributed by atoms with Crippen molar-refractivity contribution in [1.82, 2.24) is 0 Å². The van der Waals surface area contributed by atoms with Crippen LogP contribution in [-0.4, -0.2) is 11.1 Å². The van der Waals surface area contributed by atoms with Crippen LogP contribution in [0.1, 0.15) is 10.4 Å². The van der Waals surface area contributed by atoms with Crippen LogP contribution in [0.15, 0.2) is 182 Å². The molecule has 0 fully saturated rings. The highest BCUT2D eigenvalue weighted by Crippen LogP contribution is 2.40. The van der Waals surface area contributed by atoms with Gasteiger partial charge in [-0.05, 0) is 111 Å². The molecule has 0 atom stereocenters. The number of aromatic carboxylic acids is 1. The quantitative estimate of drug-likeness (QED) is 0.174. The Labute approximate surface area is 271 Å². The van der Waals surface area contributed by atoms with Gasteiger partial charge in [0.25, 0.3) is 0 Å². The smallest absolute Gasteiger partial charge is 0.336 e. The molecule has 0 saturated heterocycles. The molecule has 0 heterocycles. The van der Waals surface area contributed by atoms with Gasteiger partial charge in [0.2, 0.25) is 0 Å². The molecule has 220 valence electrons. The standard InChI is InChI=1S/C43H31O2P/c44-43(45)41-23-13-14-24-42(41)46(39-27-35(31-15-5-1-6-16-31)25-36(28-39)32-17-7-2-8-18-32)40-29-37(33-19-9-3-10-20-33)26-38(30-40)34-21-11-4-12-22-34/h1-30H,(H,44,45). The molecule has 0 saturated carbocycles. The molecule has 0 aromatic heterocycles. The first-order valence-corrected chi connectivity index (χ1v) is 16.6. The molecular formula is C43H31O2P. The number of carboxylic acid groups (broad SMARTS) is 1. The van der Waals surface area contributed by atoms with Gasteiger partial charge in [-0.15, -0.1) is 0 Å². The second-order valence-electron chi connectivity index (χ2n) is 11.2. The molecule has 0 amide bonds. The van der Waals surface area contributed by atoms with E-state index < -0.39 is 13.9 Å². The number of carboxylic acids is 1. The largest absolute Gasteiger partial charge is 0.478 e. The summed E-state index contributed by atoms with van der Waals surface area (Å²) in [5.41, 5.74) is 9.18. The molecule has 0 unspecified atom stereocenters. The van der Waals surface area contributed by atoms with E-state index in [1.54, 1.807) is 6.07 Å². The van der Waals surface area contributed by atoms with E-state index in [-0.39, 0.29) is 0 Å². The molecule has 1 N–H and O–H groups in total. The van der Waals surface area contributed by atoms with Crippen molar-refractivity contribution in [1.29, 1.82) is 0 Å². The molecule has 0 aliphatic rings. The van der Waals surface area contributed by atoms with E-state index in [0.29, 0.717) is 5.56 Å². The third-order valence-electron chi connectivity index (χ3n) is 8.16. The zero-order valence-corrected chi connectivity index (χ0v) is 26.0. The number of rotatable bonds is 8. The summed E-state index contributed by atoms with van der Waals surface area (Å²) >= 11 is 0. The van der Waals surface area contributed by atoms with Gasteiger partial charge in [0.1, 0.15) is 0 Å². The predicted molar refractivity (Wildman–Crippen MR) is 194 cm³/mol. The maximum absolute atomic E-state index is 12.8. The molecule has 3 heteroatoms. The Morgan fingerprint density at radius 2 is 0.674 bits per heavy atom. The molecule has 0 spiro atoms. The molecule has 2 nitrogen and oxygen atoms in total. The second-order valence-corrected chi connectivity index (χ2v) is 13.3. The highest BCUT2D eigenvalue weighted by Gasteiger charge is 2.25. The van der Waals surface area contributed by atoms with Crippen molar-refractivity contribution in [2.75, 3.05) is 0 Å². The van der Waals surface area contributed by atoms with E-state index in [1.165, 1.54) is 0 Å². The average Bonchev–Trinajstić information content (AvgIpc) is 3.13. The molecule has 0 bridgehead atoms. The second kappa shape index (κ2) is 13.2. The lowest BCUT2D eigenvalue weighted by Crippen LogP contribution is -2.25. The van der Waals surface area contributed by atoms with E-state index in [4.69, 9.17) is 0 Å². The Bertz CT molecular complexity index is 1870. The molecule has 7 rings (SSSR count). The van der Waals surface area contributed by atoms with Gasteiger partial charge in [-0.25, -0.2) is 4.79 Å². The fraction of sp³-hybridized carbons (Fsp3) is 0. The van der Waals surface area contributed by atoms with Crippen molar-refractivity contribution in [2.45, 2.75) is 0 Å². The van der Waals surface area contributed by atoms with Crippen molar-refractivity contribution in [3.05, 3.63) is 188 Å². The maximum atomic E-state index is 12.8. The first-order chi connectivity index (χ1) is 22.6. The van der Waals surface area contributed by atoms with Crippen molar-refractivity contribution in [3.8, 4) is 44.5 Å². The van der Waals surface area contributed by atoms with Gasteiger partial charge in [0.05, 0.1) is 5.56 Å². The monoisotopic (exact) mass is 610 g/mol. The summed E-state index contributed by atoms with van der Waals surface area (Å²) in [5, 5.41) is 13.4. The fourth-order valence-corrected chi connectivity index (χ4v) is 8.52. The minimum Gasteiger partial charge on any atom is -0.478 e. The summed E-state index contributed by atoms with van der Waals surface area (Å²) in [6, 6.07) is 62.6. The topological polar surface area (TPSA) is 37.3 Å². The van der Waals surface area contributed by atoms with E-state index in [0.717, 1.165) is 60.4 Å². The summed E-state index contributed by atoms with van der Waals surface area (Å²) in [7, 11) is -1.31. The number of hydrogen-bond acceptors (Lipinski definition) is 1. The molecule has 46 heavy (non-hydrogen) atoms. The Balaban J connectivity index is 1.54. The Kier molecular flexibility index (Phi) is 8.37. The average molecular weight is 611 g/mol. The lowest BCUT2D eigenvalue weighted by Gasteiger charge is -2.24. The summed E-state index contributed by atoms with van der Waals surface area (Å²) < 4.78 is 0. The van der Waals surface area contributed by atoms with Gasteiger partial charge in [-0.1, -0.05) is 140 Å². The van der Waals surface area contributed by atoms with Crippen LogP contribution in [-0.2, 0) is 0 Å². The van der Waals surface area contributed by atoms with Crippen LogP contribution < -0.4 is 15.9 Å². The van der Waals surface area contributed by atoms with Gasteiger partial charge in [0, 0.05) is 0 Å². The lowest BCUT2D eigenvalue weighted by atomic mass is 9.99. The maximum Gasteiger partial charge on any atom is 0.336 e. The van der Waals surface area contributed by atoms with Crippen LogP contribution in [0.2, 0.25) is 0 Å². The number of hydrogen-bond donors (Lipinski definition) is 1. The SMILES string of the molecule is O=C(O)c1ccccc1P(c1cc(-c2ccccc2)cc(-c2ccccc2)c1)c1cc(-c2ccccc2)cc(-c2ccccc2)c1. The van der Waals surface area contributed by atoms with Crippen molar-refractivity contribution < 1.29 is 9.90 Å². The minimum atomic E-state index is -1.31. The van der Waals surface area contributed by atoms with Crippen LogP contribution in [0.3, 0.4) is 0 Å². The molecule has 7 aromatic rings. The van der Waals surface area contributed by atoms with Gasteiger partial charge in [0.15, 0.2) is 0 Å². The number of carbonyl (C=O) groups is 1. The Morgan fingerprint density at radius 1 is 0.370 bits per heavy atom. The van der Waals surface area contributed by atoms with E-state index in [2.05, 4.69) is 133 Å². The van der Waals surface area contributed by atoms with Crippen LogP contribution in [0.25, 0.3) is 44.5 Å². The van der Waals surface area contributed by atoms with E-state index in [9.17, 15) is 9.90 Å². The number of benzene rings is 7. The third-order valence-corrected chi connectivity index (χ3v) is 10.6. The molecule has 0 aliphatic heterocycles. The third kappa shape index (κ3) is 6.17. The zero-order chi connectivity index (χ0) is 31.3. The normalized spacial score (nSPS) is 11.0. The van der Waals surface area contributed by atoms with Crippen LogP contribution in [0, 0.1) is 0 Å². The summed E-state index contributed by atoms with van der Waals surface area (Å²) in [4.78, 5) is 12.8. The Morgan fingerprint density at radius 3 is 1.00 bits per heavy atom. The lowest BCUT2D eigenvalue weighted by molar-refractivity contribution is 0.0698. The van der Waals surface area contributed by atoms with E-state index >= 15 is 0 Å². The molecular weight excluding hydrogens is 579 g/mol. The van der Waals surface area contributed by atoms with Gasteiger partial charge in [-0.3, -0.25) is 0 Å². The summed E-state index contributed by atoms with van der Waals surface area (Å²) in [6.07, 6.45) is 0. The van der Waals surface area contributed by atoms with Crippen molar-refractivity contribution >= 4 is 29.8 Å².